The number of hydrogen-bond acceptors (Lipinski definition) is 2. The van der Waals surface area contributed by atoms with Crippen LogP contribution in [0.1, 0.15) is 5.56 Å². The number of anilines is 2. The first-order valence-electron chi connectivity index (χ1n) is 7.57. The second kappa shape index (κ2) is 6.06. The molecule has 0 unspecified atom stereocenters. The Balaban J connectivity index is 1.87. The summed E-state index contributed by atoms with van der Waals surface area (Å²) in [5.41, 5.74) is 3.77. The summed E-state index contributed by atoms with van der Waals surface area (Å²) in [6, 6.07) is 25.0. The van der Waals surface area contributed by atoms with Crippen LogP contribution in [-0.2, 0) is 4.79 Å². The fourth-order valence-electron chi connectivity index (χ4n) is 2.82. The molecule has 0 aromatic heterocycles. The highest BCUT2D eigenvalue weighted by Crippen LogP contribution is 2.36. The second-order valence-electron chi connectivity index (χ2n) is 5.43. The highest BCUT2D eigenvalue weighted by atomic mass is 79.9. The molecule has 0 saturated carbocycles. The lowest BCUT2D eigenvalue weighted by molar-refractivity contribution is -0.111. The first-order valence-corrected chi connectivity index (χ1v) is 8.36. The lowest BCUT2D eigenvalue weighted by Gasteiger charge is -2.16. The molecule has 1 heterocycles. The van der Waals surface area contributed by atoms with Gasteiger partial charge < -0.3 is 0 Å². The minimum Gasteiger partial charge on any atom is -0.275 e. The fraction of sp³-hybridized carbons (Fsp3) is 0. The zero-order valence-electron chi connectivity index (χ0n) is 12.7. The molecule has 0 atom stereocenters. The van der Waals surface area contributed by atoms with E-state index < -0.39 is 0 Å². The number of hydrogen-bond donors (Lipinski definition) is 0. The van der Waals surface area contributed by atoms with Crippen molar-refractivity contribution < 1.29 is 4.79 Å². The Hall–Kier alpha value is -2.72. The number of rotatable bonds is 2. The molecule has 0 saturated heterocycles. The van der Waals surface area contributed by atoms with Crippen molar-refractivity contribution in [3.8, 4) is 0 Å². The molecule has 116 valence electrons. The van der Waals surface area contributed by atoms with E-state index in [-0.39, 0.29) is 5.91 Å². The van der Waals surface area contributed by atoms with E-state index in [1.54, 1.807) is 4.90 Å². The summed E-state index contributed by atoms with van der Waals surface area (Å²) in [5, 5.41) is 0. The SMILES string of the molecule is O=C1C(=Nc2cccc(Br)c2)c2ccccc2N1c1ccccc1. The topological polar surface area (TPSA) is 32.7 Å². The second-order valence-corrected chi connectivity index (χ2v) is 6.35. The van der Waals surface area contributed by atoms with Crippen LogP contribution in [-0.4, -0.2) is 11.6 Å². The molecular formula is C20H13BrN2O. The summed E-state index contributed by atoms with van der Waals surface area (Å²) in [5.74, 6) is -0.109. The van der Waals surface area contributed by atoms with Crippen LogP contribution in [0.15, 0.2) is 88.3 Å². The fourth-order valence-corrected chi connectivity index (χ4v) is 3.20. The normalized spacial score (nSPS) is 15.0. The van der Waals surface area contributed by atoms with Gasteiger partial charge in [-0.3, -0.25) is 9.69 Å². The molecule has 3 aromatic carbocycles. The van der Waals surface area contributed by atoms with Gasteiger partial charge in [0.25, 0.3) is 5.91 Å². The van der Waals surface area contributed by atoms with E-state index in [9.17, 15) is 4.79 Å². The average Bonchev–Trinajstić information content (AvgIpc) is 2.88. The third-order valence-corrected chi connectivity index (χ3v) is 4.36. The molecule has 24 heavy (non-hydrogen) atoms. The Kier molecular flexibility index (Phi) is 3.75. The Bertz CT molecular complexity index is 951. The number of fused-ring (bicyclic) bond motifs is 1. The standard InChI is InChI=1S/C20H13BrN2O/c21-14-7-6-8-15(13-14)22-19-17-11-4-5-12-18(17)23(20(19)24)16-9-2-1-3-10-16/h1-13H. The Morgan fingerprint density at radius 1 is 0.833 bits per heavy atom. The van der Waals surface area contributed by atoms with E-state index in [2.05, 4.69) is 20.9 Å². The molecule has 3 aromatic rings. The molecule has 0 bridgehead atoms. The number of benzene rings is 3. The molecule has 0 aliphatic carbocycles. The number of amides is 1. The number of carbonyl (C=O) groups is 1. The van der Waals surface area contributed by atoms with E-state index in [0.717, 1.165) is 27.1 Å². The van der Waals surface area contributed by atoms with Gasteiger partial charge in [0.15, 0.2) is 0 Å². The zero-order chi connectivity index (χ0) is 16.5. The minimum atomic E-state index is -0.109. The van der Waals surface area contributed by atoms with Gasteiger partial charge in [0, 0.05) is 15.7 Å². The molecule has 4 heteroatoms. The molecule has 0 spiro atoms. The minimum absolute atomic E-state index is 0.109. The van der Waals surface area contributed by atoms with Gasteiger partial charge in [0.2, 0.25) is 0 Å². The van der Waals surface area contributed by atoms with Gasteiger partial charge in [-0.25, -0.2) is 4.99 Å². The summed E-state index contributed by atoms with van der Waals surface area (Å²) in [6.07, 6.45) is 0. The van der Waals surface area contributed by atoms with Crippen molar-refractivity contribution in [2.45, 2.75) is 0 Å². The molecule has 1 aliphatic heterocycles. The van der Waals surface area contributed by atoms with Gasteiger partial charge in [0.05, 0.1) is 11.4 Å². The largest absolute Gasteiger partial charge is 0.282 e. The van der Waals surface area contributed by atoms with Crippen LogP contribution in [0.4, 0.5) is 17.1 Å². The van der Waals surface area contributed by atoms with Crippen LogP contribution >= 0.6 is 15.9 Å². The Morgan fingerprint density at radius 2 is 1.58 bits per heavy atom. The van der Waals surface area contributed by atoms with Crippen LogP contribution < -0.4 is 4.90 Å². The van der Waals surface area contributed by atoms with Crippen molar-refractivity contribution in [2.75, 3.05) is 4.90 Å². The number of halogens is 1. The highest BCUT2D eigenvalue weighted by Gasteiger charge is 2.34. The van der Waals surface area contributed by atoms with E-state index in [4.69, 9.17) is 0 Å². The molecule has 3 nitrogen and oxygen atoms in total. The third kappa shape index (κ3) is 2.55. The quantitative estimate of drug-likeness (QED) is 0.601. The Labute approximate surface area is 148 Å². The molecule has 1 amide bonds. The lowest BCUT2D eigenvalue weighted by atomic mass is 10.1. The number of para-hydroxylation sites is 2. The van der Waals surface area contributed by atoms with Crippen LogP contribution in [0.5, 0.6) is 0 Å². The van der Waals surface area contributed by atoms with Crippen LogP contribution in [0.25, 0.3) is 0 Å². The van der Waals surface area contributed by atoms with Gasteiger partial charge in [-0.1, -0.05) is 58.4 Å². The van der Waals surface area contributed by atoms with E-state index >= 15 is 0 Å². The summed E-state index contributed by atoms with van der Waals surface area (Å²) in [4.78, 5) is 19.4. The summed E-state index contributed by atoms with van der Waals surface area (Å²) in [6.45, 7) is 0. The van der Waals surface area contributed by atoms with Crippen molar-refractivity contribution in [2.24, 2.45) is 4.99 Å². The molecule has 1 aliphatic rings. The maximum atomic E-state index is 13.0. The van der Waals surface area contributed by atoms with Crippen molar-refractivity contribution in [1.29, 1.82) is 0 Å². The molecular weight excluding hydrogens is 364 g/mol. The maximum absolute atomic E-state index is 13.0. The molecule has 4 rings (SSSR count). The van der Waals surface area contributed by atoms with Crippen molar-refractivity contribution in [3.05, 3.63) is 88.9 Å². The summed E-state index contributed by atoms with van der Waals surface area (Å²) < 4.78 is 0.933. The van der Waals surface area contributed by atoms with Crippen LogP contribution in [0, 0.1) is 0 Å². The van der Waals surface area contributed by atoms with Crippen molar-refractivity contribution in [3.63, 3.8) is 0 Å². The molecule has 0 N–H and O–H groups in total. The average molecular weight is 377 g/mol. The van der Waals surface area contributed by atoms with E-state index in [0.29, 0.717) is 5.71 Å². The zero-order valence-corrected chi connectivity index (χ0v) is 14.3. The van der Waals surface area contributed by atoms with Gasteiger partial charge in [0.1, 0.15) is 5.71 Å². The van der Waals surface area contributed by atoms with E-state index in [1.165, 1.54) is 0 Å². The lowest BCUT2D eigenvalue weighted by Crippen LogP contribution is -2.25. The van der Waals surface area contributed by atoms with Crippen molar-refractivity contribution in [1.82, 2.24) is 0 Å². The van der Waals surface area contributed by atoms with Crippen molar-refractivity contribution >= 4 is 44.6 Å². The van der Waals surface area contributed by atoms with E-state index in [1.807, 2.05) is 78.9 Å². The van der Waals surface area contributed by atoms with Crippen LogP contribution in [0.2, 0.25) is 0 Å². The third-order valence-electron chi connectivity index (χ3n) is 3.87. The highest BCUT2D eigenvalue weighted by molar-refractivity contribution is 9.10. The number of nitrogens with zero attached hydrogens (tertiary/aromatic N) is 2. The molecule has 0 fully saturated rings. The smallest absolute Gasteiger partial charge is 0.275 e. The van der Waals surface area contributed by atoms with Gasteiger partial charge in [-0.15, -0.1) is 0 Å². The predicted molar refractivity (Wildman–Crippen MR) is 100 cm³/mol. The van der Waals surface area contributed by atoms with Gasteiger partial charge in [-0.2, -0.15) is 0 Å². The first kappa shape index (κ1) is 14.8. The molecule has 0 radical (unpaired) electrons. The maximum Gasteiger partial charge on any atom is 0.282 e. The summed E-state index contributed by atoms with van der Waals surface area (Å²) in [7, 11) is 0. The first-order chi connectivity index (χ1) is 11.7. The van der Waals surface area contributed by atoms with Crippen LogP contribution in [0.3, 0.4) is 0 Å². The van der Waals surface area contributed by atoms with Gasteiger partial charge >= 0.3 is 0 Å². The predicted octanol–water partition coefficient (Wildman–Crippen LogP) is 5.25. The van der Waals surface area contributed by atoms with Gasteiger partial charge in [-0.05, 0) is 36.4 Å². The number of aliphatic imine (C=N–C) groups is 1. The summed E-state index contributed by atoms with van der Waals surface area (Å²) >= 11 is 3.44. The number of carbonyl (C=O) groups excluding carboxylic acids is 1. The monoisotopic (exact) mass is 376 g/mol. The Morgan fingerprint density at radius 3 is 2.38 bits per heavy atom.